The number of H-pyrrole nitrogens is 1. The van der Waals surface area contributed by atoms with Gasteiger partial charge in [-0.25, -0.2) is 0 Å². The topological polar surface area (TPSA) is 41.8 Å². The zero-order valence-electron chi connectivity index (χ0n) is 13.7. The van der Waals surface area contributed by atoms with Crippen LogP contribution in [0.5, 0.6) is 0 Å². The third-order valence-electron chi connectivity index (χ3n) is 4.88. The fourth-order valence-corrected chi connectivity index (χ4v) is 3.65. The summed E-state index contributed by atoms with van der Waals surface area (Å²) in [6.45, 7) is 0. The van der Waals surface area contributed by atoms with Crippen LogP contribution in [0.3, 0.4) is 0 Å². The van der Waals surface area contributed by atoms with Gasteiger partial charge in [-0.05, 0) is 64.1 Å². The lowest BCUT2D eigenvalue weighted by atomic mass is 9.84. The molecular weight excluding hydrogens is 292 g/mol. The molecule has 3 N–H and O–H groups in total. The van der Waals surface area contributed by atoms with Crippen molar-refractivity contribution in [3.63, 3.8) is 0 Å². The third kappa shape index (κ3) is 2.81. The van der Waals surface area contributed by atoms with E-state index < -0.39 is 0 Å². The average molecular weight is 314 g/mol. The lowest BCUT2D eigenvalue weighted by molar-refractivity contribution is 0.579. The van der Waals surface area contributed by atoms with Crippen molar-refractivity contribution in [3.8, 4) is 0 Å². The van der Waals surface area contributed by atoms with E-state index in [2.05, 4.69) is 53.5 Å². The molecule has 5 rings (SSSR count). The fraction of sp³-hybridized carbons (Fsp3) is 0.182. The summed E-state index contributed by atoms with van der Waals surface area (Å²) in [6, 6.07) is 21.9. The Morgan fingerprint density at radius 1 is 0.792 bits per heavy atom. The van der Waals surface area contributed by atoms with E-state index in [0.717, 1.165) is 19.3 Å². The largest absolute Gasteiger partial charge is 0.368 e. The van der Waals surface area contributed by atoms with E-state index >= 15 is 0 Å². The Balaban J connectivity index is 0.000000252. The van der Waals surface area contributed by atoms with Gasteiger partial charge >= 0.3 is 0 Å². The monoisotopic (exact) mass is 314 g/mol. The van der Waals surface area contributed by atoms with Crippen molar-refractivity contribution in [2.24, 2.45) is 5.73 Å². The minimum atomic E-state index is 0.324. The Morgan fingerprint density at radius 2 is 1.58 bits per heavy atom. The molecule has 120 valence electrons. The summed E-state index contributed by atoms with van der Waals surface area (Å²) in [6.07, 6.45) is 7.01. The SMILES string of the molecule is NC1CCc2ccc3c(ccc4ccccc43)c2C1.c1cc[nH]c1. The Labute approximate surface area is 142 Å². The highest BCUT2D eigenvalue weighted by Crippen LogP contribution is 2.32. The van der Waals surface area contributed by atoms with Gasteiger partial charge in [0, 0.05) is 18.4 Å². The van der Waals surface area contributed by atoms with Gasteiger partial charge in [0.15, 0.2) is 0 Å². The van der Waals surface area contributed by atoms with Crippen molar-refractivity contribution in [2.45, 2.75) is 25.3 Å². The zero-order valence-corrected chi connectivity index (χ0v) is 13.7. The van der Waals surface area contributed by atoms with Gasteiger partial charge in [-0.1, -0.05) is 48.5 Å². The van der Waals surface area contributed by atoms with Gasteiger partial charge in [0.25, 0.3) is 0 Å². The standard InChI is InChI=1S/C18H17N.C4H5N/c19-14-8-5-13-7-9-16-15-4-2-1-3-12(15)6-10-17(16)18(13)11-14;1-2-4-5-3-1/h1-4,6-7,9-10,14H,5,8,11,19H2;1-5H. The maximum Gasteiger partial charge on any atom is 0.00828 e. The first-order valence-corrected chi connectivity index (χ1v) is 8.58. The van der Waals surface area contributed by atoms with Gasteiger partial charge < -0.3 is 10.7 Å². The second kappa shape index (κ2) is 6.50. The number of benzene rings is 3. The summed E-state index contributed by atoms with van der Waals surface area (Å²) < 4.78 is 0. The predicted molar refractivity (Wildman–Crippen MR) is 102 cm³/mol. The molecule has 0 saturated heterocycles. The smallest absolute Gasteiger partial charge is 0.00828 e. The molecular formula is C22H22N2. The van der Waals surface area contributed by atoms with E-state index in [0.29, 0.717) is 6.04 Å². The maximum absolute atomic E-state index is 6.15. The van der Waals surface area contributed by atoms with Crippen molar-refractivity contribution < 1.29 is 0 Å². The number of rotatable bonds is 0. The average Bonchev–Trinajstić information content (AvgIpc) is 3.21. The Morgan fingerprint density at radius 3 is 2.38 bits per heavy atom. The van der Waals surface area contributed by atoms with Crippen LogP contribution < -0.4 is 5.73 Å². The number of fused-ring (bicyclic) bond motifs is 5. The molecule has 0 bridgehead atoms. The summed E-state index contributed by atoms with van der Waals surface area (Å²) in [7, 11) is 0. The Kier molecular flexibility index (Phi) is 4.06. The van der Waals surface area contributed by atoms with Gasteiger partial charge in [-0.15, -0.1) is 0 Å². The number of aryl methyl sites for hydroxylation is 1. The first-order chi connectivity index (χ1) is 11.8. The summed E-state index contributed by atoms with van der Waals surface area (Å²) in [4.78, 5) is 2.86. The number of aromatic nitrogens is 1. The highest BCUT2D eigenvalue weighted by Gasteiger charge is 2.18. The minimum Gasteiger partial charge on any atom is -0.368 e. The number of aromatic amines is 1. The summed E-state index contributed by atoms with van der Waals surface area (Å²) >= 11 is 0. The van der Waals surface area contributed by atoms with Crippen LogP contribution in [0.15, 0.2) is 73.1 Å². The van der Waals surface area contributed by atoms with Crippen LogP contribution in [0.2, 0.25) is 0 Å². The van der Waals surface area contributed by atoms with E-state index in [-0.39, 0.29) is 0 Å². The molecule has 1 aromatic heterocycles. The summed E-state index contributed by atoms with van der Waals surface area (Å²) in [5.74, 6) is 0. The molecule has 0 fully saturated rings. The lowest BCUT2D eigenvalue weighted by Crippen LogP contribution is -2.27. The van der Waals surface area contributed by atoms with Crippen LogP contribution in [0.25, 0.3) is 21.5 Å². The fourth-order valence-electron chi connectivity index (χ4n) is 3.65. The van der Waals surface area contributed by atoms with Crippen molar-refractivity contribution in [1.82, 2.24) is 4.98 Å². The number of nitrogens with one attached hydrogen (secondary N) is 1. The van der Waals surface area contributed by atoms with Gasteiger partial charge in [0.05, 0.1) is 0 Å². The highest BCUT2D eigenvalue weighted by molar-refractivity contribution is 6.08. The number of hydrogen-bond acceptors (Lipinski definition) is 1. The first kappa shape index (κ1) is 15.0. The molecule has 1 unspecified atom stereocenters. The third-order valence-corrected chi connectivity index (χ3v) is 4.88. The van der Waals surface area contributed by atoms with Gasteiger partial charge in [-0.2, -0.15) is 0 Å². The molecule has 1 aliphatic carbocycles. The zero-order chi connectivity index (χ0) is 16.4. The first-order valence-electron chi connectivity index (χ1n) is 8.58. The van der Waals surface area contributed by atoms with Gasteiger partial charge in [-0.3, -0.25) is 0 Å². The molecule has 1 heterocycles. The van der Waals surface area contributed by atoms with Crippen LogP contribution in [0.1, 0.15) is 17.5 Å². The molecule has 1 atom stereocenters. The van der Waals surface area contributed by atoms with Crippen LogP contribution in [0, 0.1) is 0 Å². The van der Waals surface area contributed by atoms with Crippen molar-refractivity contribution in [2.75, 3.05) is 0 Å². The van der Waals surface area contributed by atoms with Crippen molar-refractivity contribution in [1.29, 1.82) is 0 Å². The molecule has 0 saturated carbocycles. The van der Waals surface area contributed by atoms with Crippen LogP contribution in [-0.4, -0.2) is 11.0 Å². The number of nitrogens with two attached hydrogens (primary N) is 1. The molecule has 2 nitrogen and oxygen atoms in total. The second-order valence-electron chi connectivity index (χ2n) is 6.47. The molecule has 0 radical (unpaired) electrons. The number of hydrogen-bond donors (Lipinski definition) is 2. The summed E-state index contributed by atoms with van der Waals surface area (Å²) in [5.41, 5.74) is 9.12. The van der Waals surface area contributed by atoms with Crippen LogP contribution in [0.4, 0.5) is 0 Å². The van der Waals surface area contributed by atoms with E-state index in [1.165, 1.54) is 32.7 Å². The predicted octanol–water partition coefficient (Wildman–Crippen LogP) is 4.82. The Bertz CT molecular complexity index is 937. The van der Waals surface area contributed by atoms with Crippen LogP contribution >= 0.6 is 0 Å². The molecule has 2 heteroatoms. The van der Waals surface area contributed by atoms with Gasteiger partial charge in [0.2, 0.25) is 0 Å². The molecule has 0 spiro atoms. The molecule has 4 aromatic rings. The Hall–Kier alpha value is -2.58. The molecule has 1 aliphatic rings. The quantitative estimate of drug-likeness (QED) is 0.449. The molecule has 24 heavy (non-hydrogen) atoms. The second-order valence-corrected chi connectivity index (χ2v) is 6.47. The van der Waals surface area contributed by atoms with Gasteiger partial charge in [0.1, 0.15) is 0 Å². The van der Waals surface area contributed by atoms with Crippen molar-refractivity contribution >= 4 is 21.5 Å². The molecule has 3 aromatic carbocycles. The van der Waals surface area contributed by atoms with Crippen molar-refractivity contribution in [3.05, 3.63) is 84.2 Å². The van der Waals surface area contributed by atoms with E-state index in [1.54, 1.807) is 0 Å². The van der Waals surface area contributed by atoms with E-state index in [4.69, 9.17) is 5.73 Å². The maximum atomic E-state index is 6.15. The molecule has 0 aliphatic heterocycles. The lowest BCUT2D eigenvalue weighted by Gasteiger charge is -2.23. The minimum absolute atomic E-state index is 0.324. The summed E-state index contributed by atoms with van der Waals surface area (Å²) in [5, 5.41) is 5.43. The molecule has 0 amide bonds. The van der Waals surface area contributed by atoms with E-state index in [9.17, 15) is 0 Å². The normalized spacial score (nSPS) is 16.5. The van der Waals surface area contributed by atoms with E-state index in [1.807, 2.05) is 24.5 Å². The highest BCUT2D eigenvalue weighted by atomic mass is 14.6. The van der Waals surface area contributed by atoms with Crippen LogP contribution in [-0.2, 0) is 12.8 Å².